The fourth-order valence-corrected chi connectivity index (χ4v) is 2.28. The largest absolute Gasteiger partial charge is 0.453 e. The van der Waals surface area contributed by atoms with Crippen LogP contribution in [0.25, 0.3) is 0 Å². The van der Waals surface area contributed by atoms with Crippen molar-refractivity contribution in [2.45, 2.75) is 25.4 Å². The average molecular weight is 262 g/mol. The highest BCUT2D eigenvalue weighted by Gasteiger charge is 2.34. The summed E-state index contributed by atoms with van der Waals surface area (Å²) in [5.74, 6) is -0.119. The molecule has 1 heterocycles. The molecule has 5 heteroatoms. The average Bonchev–Trinajstić information content (AvgIpc) is 2.94. The highest BCUT2D eigenvalue weighted by molar-refractivity contribution is 5.86. The molecule has 1 N–H and O–H groups in total. The number of likely N-dealkylation sites (tertiary alicyclic amines) is 1. The van der Waals surface area contributed by atoms with E-state index in [1.54, 1.807) is 0 Å². The second-order valence-electron chi connectivity index (χ2n) is 4.52. The van der Waals surface area contributed by atoms with Crippen LogP contribution in [-0.4, -0.2) is 36.6 Å². The minimum atomic E-state index is -0.433. The molecule has 0 aromatic heterocycles. The third kappa shape index (κ3) is 3.24. The van der Waals surface area contributed by atoms with Gasteiger partial charge in [0.1, 0.15) is 6.04 Å². The number of benzene rings is 1. The van der Waals surface area contributed by atoms with Crippen LogP contribution in [0.1, 0.15) is 18.4 Å². The maximum absolute atomic E-state index is 12.1. The first-order chi connectivity index (χ1) is 9.22. The van der Waals surface area contributed by atoms with Gasteiger partial charge in [0, 0.05) is 13.1 Å². The van der Waals surface area contributed by atoms with Crippen molar-refractivity contribution in [1.82, 2.24) is 10.2 Å². The van der Waals surface area contributed by atoms with Crippen LogP contribution in [0, 0.1) is 0 Å². The maximum Gasteiger partial charge on any atom is 0.410 e. The highest BCUT2D eigenvalue weighted by Crippen LogP contribution is 2.18. The van der Waals surface area contributed by atoms with Crippen LogP contribution < -0.4 is 5.32 Å². The van der Waals surface area contributed by atoms with E-state index in [-0.39, 0.29) is 5.91 Å². The predicted octanol–water partition coefficient (Wildman–Crippen LogP) is 1.53. The molecule has 0 unspecified atom stereocenters. The molecule has 1 aromatic carbocycles. The van der Waals surface area contributed by atoms with Gasteiger partial charge in [-0.25, -0.2) is 4.79 Å². The number of carbonyl (C=O) groups excluding carboxylic acids is 2. The molecule has 0 saturated carbocycles. The number of hydrogen-bond acceptors (Lipinski definition) is 3. The number of hydrogen-bond donors (Lipinski definition) is 1. The summed E-state index contributed by atoms with van der Waals surface area (Å²) in [5.41, 5.74) is 1.04. The second kappa shape index (κ2) is 6.22. The lowest BCUT2D eigenvalue weighted by Gasteiger charge is -2.22. The van der Waals surface area contributed by atoms with Crippen molar-refractivity contribution in [1.29, 1.82) is 0 Å². The first-order valence-electron chi connectivity index (χ1n) is 6.38. The molecule has 5 nitrogen and oxygen atoms in total. The molecular weight excluding hydrogens is 244 g/mol. The van der Waals surface area contributed by atoms with Gasteiger partial charge in [0.15, 0.2) is 0 Å². The molecule has 1 aromatic rings. The molecule has 19 heavy (non-hydrogen) atoms. The Morgan fingerprint density at radius 2 is 2.11 bits per heavy atom. The van der Waals surface area contributed by atoms with E-state index in [1.807, 2.05) is 30.3 Å². The monoisotopic (exact) mass is 262 g/mol. The van der Waals surface area contributed by atoms with Gasteiger partial charge in [0.2, 0.25) is 5.91 Å². The number of nitrogens with zero attached hydrogens (tertiary/aromatic N) is 1. The summed E-state index contributed by atoms with van der Waals surface area (Å²) in [6.45, 7) is 1.06. The fraction of sp³-hybridized carbons (Fsp3) is 0.429. The van der Waals surface area contributed by atoms with Crippen LogP contribution in [0.2, 0.25) is 0 Å². The third-order valence-electron chi connectivity index (χ3n) is 3.27. The number of rotatable bonds is 3. The quantitative estimate of drug-likeness (QED) is 0.898. The molecule has 1 aliphatic heterocycles. The van der Waals surface area contributed by atoms with Crippen LogP contribution in [-0.2, 0) is 16.1 Å². The Balaban J connectivity index is 1.90. The Morgan fingerprint density at radius 3 is 2.79 bits per heavy atom. The summed E-state index contributed by atoms with van der Waals surface area (Å²) >= 11 is 0. The lowest BCUT2D eigenvalue weighted by molar-refractivity contribution is -0.125. The summed E-state index contributed by atoms with van der Waals surface area (Å²) in [4.78, 5) is 25.1. The van der Waals surface area contributed by atoms with Crippen molar-refractivity contribution >= 4 is 12.0 Å². The van der Waals surface area contributed by atoms with Crippen LogP contribution in [0.5, 0.6) is 0 Å². The lowest BCUT2D eigenvalue weighted by atomic mass is 10.2. The standard InChI is InChI=1S/C14H18N2O3/c1-19-14(18)16-9-5-8-12(16)13(17)15-10-11-6-3-2-4-7-11/h2-4,6-7,12H,5,8-10H2,1H3,(H,15,17)/t12-/m0/s1. The molecule has 102 valence electrons. The molecule has 1 saturated heterocycles. The van der Waals surface area contributed by atoms with Crippen molar-refractivity contribution in [3.05, 3.63) is 35.9 Å². The number of methoxy groups -OCH3 is 1. The molecule has 1 atom stereocenters. The van der Waals surface area contributed by atoms with E-state index in [0.29, 0.717) is 19.5 Å². The summed E-state index contributed by atoms with van der Waals surface area (Å²) in [6.07, 6.45) is 1.09. The summed E-state index contributed by atoms with van der Waals surface area (Å²) in [6, 6.07) is 9.29. The summed E-state index contributed by atoms with van der Waals surface area (Å²) < 4.78 is 4.68. The van der Waals surface area contributed by atoms with Crippen LogP contribution in [0.3, 0.4) is 0 Å². The minimum absolute atomic E-state index is 0.119. The molecule has 1 aliphatic rings. The van der Waals surface area contributed by atoms with Crippen molar-refractivity contribution in [2.75, 3.05) is 13.7 Å². The van der Waals surface area contributed by atoms with Crippen LogP contribution in [0.4, 0.5) is 4.79 Å². The van der Waals surface area contributed by atoms with Crippen LogP contribution >= 0.6 is 0 Å². The zero-order chi connectivity index (χ0) is 13.7. The first kappa shape index (κ1) is 13.4. The molecule has 0 spiro atoms. The topological polar surface area (TPSA) is 58.6 Å². The SMILES string of the molecule is COC(=O)N1CCC[C@H]1C(=O)NCc1ccccc1. The maximum atomic E-state index is 12.1. The first-order valence-corrected chi connectivity index (χ1v) is 6.38. The third-order valence-corrected chi connectivity index (χ3v) is 3.27. The van der Waals surface area contributed by atoms with E-state index in [0.717, 1.165) is 12.0 Å². The van der Waals surface area contributed by atoms with Crippen molar-refractivity contribution in [3.63, 3.8) is 0 Å². The zero-order valence-corrected chi connectivity index (χ0v) is 11.0. The molecule has 2 amide bonds. The zero-order valence-electron chi connectivity index (χ0n) is 11.0. The Bertz CT molecular complexity index is 447. The summed E-state index contributed by atoms with van der Waals surface area (Å²) in [7, 11) is 1.33. The van der Waals surface area contributed by atoms with E-state index in [2.05, 4.69) is 10.1 Å². The number of ether oxygens (including phenoxy) is 1. The van der Waals surface area contributed by atoms with E-state index in [4.69, 9.17) is 0 Å². The van der Waals surface area contributed by atoms with Gasteiger partial charge in [-0.2, -0.15) is 0 Å². The van der Waals surface area contributed by atoms with Crippen molar-refractivity contribution in [2.24, 2.45) is 0 Å². The van der Waals surface area contributed by atoms with Crippen molar-refractivity contribution in [3.8, 4) is 0 Å². The van der Waals surface area contributed by atoms with E-state index < -0.39 is 12.1 Å². The molecule has 0 aliphatic carbocycles. The highest BCUT2D eigenvalue weighted by atomic mass is 16.5. The molecule has 0 radical (unpaired) electrons. The van der Waals surface area contributed by atoms with Gasteiger partial charge in [0.05, 0.1) is 7.11 Å². The number of nitrogens with one attached hydrogen (secondary N) is 1. The van der Waals surface area contributed by atoms with Gasteiger partial charge in [-0.1, -0.05) is 30.3 Å². The molecular formula is C14H18N2O3. The Hall–Kier alpha value is -2.04. The number of carbonyl (C=O) groups is 2. The van der Waals surface area contributed by atoms with Gasteiger partial charge in [-0.3, -0.25) is 9.69 Å². The molecule has 2 rings (SSSR count). The van der Waals surface area contributed by atoms with Crippen LogP contribution in [0.15, 0.2) is 30.3 Å². The Morgan fingerprint density at radius 1 is 1.37 bits per heavy atom. The lowest BCUT2D eigenvalue weighted by Crippen LogP contribution is -2.45. The van der Waals surface area contributed by atoms with E-state index in [9.17, 15) is 9.59 Å². The fourth-order valence-electron chi connectivity index (χ4n) is 2.28. The van der Waals surface area contributed by atoms with Gasteiger partial charge in [-0.05, 0) is 18.4 Å². The van der Waals surface area contributed by atoms with Crippen molar-refractivity contribution < 1.29 is 14.3 Å². The second-order valence-corrected chi connectivity index (χ2v) is 4.52. The normalized spacial score (nSPS) is 18.2. The predicted molar refractivity (Wildman–Crippen MR) is 70.4 cm³/mol. The Labute approximate surface area is 112 Å². The molecule has 0 bridgehead atoms. The molecule has 1 fully saturated rings. The van der Waals surface area contributed by atoms with Gasteiger partial charge >= 0.3 is 6.09 Å². The van der Waals surface area contributed by atoms with Gasteiger partial charge in [-0.15, -0.1) is 0 Å². The van der Waals surface area contributed by atoms with Gasteiger partial charge in [0.25, 0.3) is 0 Å². The van der Waals surface area contributed by atoms with Gasteiger partial charge < -0.3 is 10.1 Å². The Kier molecular flexibility index (Phi) is 4.39. The van der Waals surface area contributed by atoms with E-state index in [1.165, 1.54) is 12.0 Å². The van der Waals surface area contributed by atoms with E-state index >= 15 is 0 Å². The summed E-state index contributed by atoms with van der Waals surface area (Å²) in [5, 5.41) is 2.86. The minimum Gasteiger partial charge on any atom is -0.453 e. The smallest absolute Gasteiger partial charge is 0.410 e. The number of amides is 2.